The number of benzene rings is 2. The highest BCUT2D eigenvalue weighted by atomic mass is 32.2. The van der Waals surface area contributed by atoms with Gasteiger partial charge in [-0.1, -0.05) is 38.1 Å². The Labute approximate surface area is 203 Å². The second kappa shape index (κ2) is 10.3. The van der Waals surface area contributed by atoms with E-state index < -0.39 is 9.84 Å². The fraction of sp³-hybridized carbons (Fsp3) is 0.240. The molecule has 2 N–H and O–H groups in total. The highest BCUT2D eigenvalue weighted by Gasteiger charge is 2.11. The molecule has 0 aliphatic rings. The maximum atomic E-state index is 11.8. The number of thiophene rings is 1. The molecule has 34 heavy (non-hydrogen) atoms. The van der Waals surface area contributed by atoms with E-state index in [1.807, 2.05) is 25.3 Å². The zero-order valence-corrected chi connectivity index (χ0v) is 21.0. The van der Waals surface area contributed by atoms with Gasteiger partial charge in [-0.05, 0) is 47.2 Å². The number of nitrogens with one attached hydrogen (secondary N) is 2. The molecule has 2 aromatic carbocycles. The number of aromatic amines is 1. The quantitative estimate of drug-likeness (QED) is 0.321. The molecule has 0 amide bonds. The van der Waals surface area contributed by atoms with Gasteiger partial charge in [0.2, 0.25) is 0 Å². The minimum Gasteiger partial charge on any atom is -0.368 e. The van der Waals surface area contributed by atoms with Crippen molar-refractivity contribution in [2.45, 2.75) is 31.6 Å². The van der Waals surface area contributed by atoms with Gasteiger partial charge in [0.15, 0.2) is 9.84 Å². The Morgan fingerprint density at radius 1 is 0.971 bits per heavy atom. The van der Waals surface area contributed by atoms with Crippen LogP contribution >= 0.6 is 11.3 Å². The summed E-state index contributed by atoms with van der Waals surface area (Å²) in [6.07, 6.45) is 4.33. The van der Waals surface area contributed by atoms with Crippen molar-refractivity contribution in [3.8, 4) is 0 Å². The standard InChI is InChI=1S/C23H21N5O2S2.C2H6/c1-32(29,30)17-6-7-18-20(13-17)28-21(27-18)12-16-4-2-15(3-5-16)8-10-24-23-22-19(9-11-31-22)25-14-26-23;1-2/h2-7,9,11,13-14H,8,10,12H2,1H3,(H,27,28)(H,24,25,26);1-2H3. The molecule has 0 saturated heterocycles. The molecule has 0 aliphatic carbocycles. The normalized spacial score (nSPS) is 11.4. The van der Waals surface area contributed by atoms with E-state index in [0.717, 1.165) is 51.4 Å². The van der Waals surface area contributed by atoms with Crippen LogP contribution in [0, 0.1) is 0 Å². The van der Waals surface area contributed by atoms with E-state index in [-0.39, 0.29) is 0 Å². The van der Waals surface area contributed by atoms with Crippen LogP contribution < -0.4 is 5.32 Å². The molecule has 0 unspecified atom stereocenters. The smallest absolute Gasteiger partial charge is 0.175 e. The van der Waals surface area contributed by atoms with Gasteiger partial charge in [-0.25, -0.2) is 23.4 Å². The van der Waals surface area contributed by atoms with Crippen molar-refractivity contribution < 1.29 is 8.42 Å². The van der Waals surface area contributed by atoms with E-state index in [4.69, 9.17) is 0 Å². The van der Waals surface area contributed by atoms with Crippen LogP contribution in [-0.4, -0.2) is 41.2 Å². The average Bonchev–Trinajstić information content (AvgIpc) is 3.47. The average molecular weight is 494 g/mol. The van der Waals surface area contributed by atoms with Crippen molar-refractivity contribution in [3.63, 3.8) is 0 Å². The number of nitrogens with zero attached hydrogens (tertiary/aromatic N) is 3. The van der Waals surface area contributed by atoms with Crippen molar-refractivity contribution in [2.24, 2.45) is 0 Å². The molecule has 0 aliphatic heterocycles. The summed E-state index contributed by atoms with van der Waals surface area (Å²) in [5, 5.41) is 5.43. The summed E-state index contributed by atoms with van der Waals surface area (Å²) in [6, 6.07) is 15.4. The maximum Gasteiger partial charge on any atom is 0.175 e. The topological polar surface area (TPSA) is 101 Å². The van der Waals surface area contributed by atoms with Crippen LogP contribution in [0.1, 0.15) is 30.8 Å². The number of imidazole rings is 1. The van der Waals surface area contributed by atoms with E-state index in [0.29, 0.717) is 11.3 Å². The van der Waals surface area contributed by atoms with Crippen LogP contribution in [0.2, 0.25) is 0 Å². The van der Waals surface area contributed by atoms with Crippen LogP contribution in [0.3, 0.4) is 0 Å². The molecule has 176 valence electrons. The Bertz CT molecular complexity index is 1510. The van der Waals surface area contributed by atoms with E-state index in [1.165, 1.54) is 11.8 Å². The first-order valence-corrected chi connectivity index (χ1v) is 13.9. The molecule has 0 radical (unpaired) electrons. The van der Waals surface area contributed by atoms with Gasteiger partial charge in [0, 0.05) is 19.2 Å². The molecular weight excluding hydrogens is 466 g/mol. The number of anilines is 1. The maximum absolute atomic E-state index is 11.8. The lowest BCUT2D eigenvalue weighted by Crippen LogP contribution is -2.06. The molecule has 3 heterocycles. The first-order chi connectivity index (χ1) is 16.5. The Hall–Kier alpha value is -3.30. The summed E-state index contributed by atoms with van der Waals surface area (Å²) in [5.41, 5.74) is 4.84. The third-order valence-corrected chi connectivity index (χ3v) is 7.29. The van der Waals surface area contributed by atoms with Crippen LogP contribution in [-0.2, 0) is 22.7 Å². The van der Waals surface area contributed by atoms with E-state index in [2.05, 4.69) is 49.5 Å². The zero-order chi connectivity index (χ0) is 24.1. The summed E-state index contributed by atoms with van der Waals surface area (Å²) >= 11 is 1.64. The number of fused-ring (bicyclic) bond motifs is 2. The van der Waals surface area contributed by atoms with Crippen LogP contribution in [0.4, 0.5) is 5.82 Å². The summed E-state index contributed by atoms with van der Waals surface area (Å²) in [4.78, 5) is 16.7. The Morgan fingerprint density at radius 3 is 2.50 bits per heavy atom. The number of hydrogen-bond acceptors (Lipinski definition) is 7. The van der Waals surface area contributed by atoms with E-state index >= 15 is 0 Å². The number of H-pyrrole nitrogens is 1. The SMILES string of the molecule is CC.CS(=O)(=O)c1ccc2nc(Cc3ccc(CCNc4ncnc5ccsc45)cc3)[nH]c2c1. The fourth-order valence-corrected chi connectivity index (χ4v) is 5.07. The van der Waals surface area contributed by atoms with Gasteiger partial charge in [0.1, 0.15) is 18.0 Å². The van der Waals surface area contributed by atoms with Gasteiger partial charge in [0.25, 0.3) is 0 Å². The first kappa shape index (κ1) is 23.8. The summed E-state index contributed by atoms with van der Waals surface area (Å²) in [6.45, 7) is 4.79. The van der Waals surface area contributed by atoms with Gasteiger partial charge in [-0.3, -0.25) is 0 Å². The largest absolute Gasteiger partial charge is 0.368 e. The van der Waals surface area contributed by atoms with Gasteiger partial charge in [0.05, 0.1) is 26.1 Å². The monoisotopic (exact) mass is 493 g/mol. The summed E-state index contributed by atoms with van der Waals surface area (Å²) < 4.78 is 24.6. The number of sulfone groups is 1. The minimum absolute atomic E-state index is 0.292. The van der Waals surface area contributed by atoms with Crippen molar-refractivity contribution in [3.05, 3.63) is 77.2 Å². The van der Waals surface area contributed by atoms with Gasteiger partial charge >= 0.3 is 0 Å². The van der Waals surface area contributed by atoms with Crippen molar-refractivity contribution in [1.29, 1.82) is 0 Å². The van der Waals surface area contributed by atoms with Crippen LogP contribution in [0.15, 0.2) is 65.1 Å². The molecule has 7 nitrogen and oxygen atoms in total. The van der Waals surface area contributed by atoms with Gasteiger partial charge in [-0.2, -0.15) is 0 Å². The third-order valence-electron chi connectivity index (χ3n) is 5.27. The lowest BCUT2D eigenvalue weighted by atomic mass is 10.1. The highest BCUT2D eigenvalue weighted by Crippen LogP contribution is 2.24. The predicted octanol–water partition coefficient (Wildman–Crippen LogP) is 5.24. The third kappa shape index (κ3) is 5.43. The van der Waals surface area contributed by atoms with E-state index in [1.54, 1.807) is 35.9 Å². The molecule has 5 aromatic rings. The van der Waals surface area contributed by atoms with Crippen molar-refractivity contribution in [2.75, 3.05) is 18.1 Å². The fourth-order valence-electron chi connectivity index (χ4n) is 3.61. The molecule has 0 spiro atoms. The molecular formula is C25H27N5O2S2. The lowest BCUT2D eigenvalue weighted by Gasteiger charge is -2.07. The van der Waals surface area contributed by atoms with E-state index in [9.17, 15) is 8.42 Å². The lowest BCUT2D eigenvalue weighted by molar-refractivity contribution is 0.602. The van der Waals surface area contributed by atoms with Crippen LogP contribution in [0.25, 0.3) is 21.3 Å². The summed E-state index contributed by atoms with van der Waals surface area (Å²) in [7, 11) is -3.24. The molecule has 0 bridgehead atoms. The number of hydrogen-bond donors (Lipinski definition) is 2. The molecule has 0 saturated carbocycles. The van der Waals surface area contributed by atoms with Gasteiger partial charge < -0.3 is 10.3 Å². The molecule has 0 fully saturated rings. The first-order valence-electron chi connectivity index (χ1n) is 11.1. The Kier molecular flexibility index (Phi) is 7.23. The zero-order valence-electron chi connectivity index (χ0n) is 19.4. The van der Waals surface area contributed by atoms with Gasteiger partial charge in [-0.15, -0.1) is 11.3 Å². The Morgan fingerprint density at radius 2 is 1.74 bits per heavy atom. The number of rotatable bonds is 7. The predicted molar refractivity (Wildman–Crippen MR) is 139 cm³/mol. The number of aromatic nitrogens is 4. The second-order valence-electron chi connectivity index (χ2n) is 7.66. The highest BCUT2D eigenvalue weighted by molar-refractivity contribution is 7.90. The Balaban J connectivity index is 0.00000133. The summed E-state index contributed by atoms with van der Waals surface area (Å²) in [5.74, 6) is 1.69. The minimum atomic E-state index is -3.24. The second-order valence-corrected chi connectivity index (χ2v) is 10.6. The molecule has 9 heteroatoms. The van der Waals surface area contributed by atoms with Crippen molar-refractivity contribution >= 4 is 48.2 Å². The van der Waals surface area contributed by atoms with Crippen LogP contribution in [0.5, 0.6) is 0 Å². The van der Waals surface area contributed by atoms with Crippen molar-refractivity contribution in [1.82, 2.24) is 19.9 Å². The molecule has 0 atom stereocenters. The molecule has 5 rings (SSSR count). The molecule has 3 aromatic heterocycles.